The zero-order chi connectivity index (χ0) is 11.8. The molecular formula is C12H15NO2S. The molecule has 3 nitrogen and oxygen atoms in total. The van der Waals surface area contributed by atoms with Crippen LogP contribution in [0.1, 0.15) is 5.56 Å². The molecule has 0 aliphatic heterocycles. The maximum absolute atomic E-state index is 9.52. The fraction of sp³-hybridized carbons (Fsp3) is 0.333. The van der Waals surface area contributed by atoms with Crippen LogP contribution < -0.4 is 5.32 Å². The summed E-state index contributed by atoms with van der Waals surface area (Å²) in [5.74, 6) is 4.08. The van der Waals surface area contributed by atoms with Crippen molar-refractivity contribution in [1.29, 1.82) is 0 Å². The Bertz CT molecular complexity index is 374. The Labute approximate surface area is 99.9 Å². The van der Waals surface area contributed by atoms with Gasteiger partial charge in [-0.3, -0.25) is 0 Å². The third kappa shape index (κ3) is 4.05. The minimum atomic E-state index is -0.0824. The van der Waals surface area contributed by atoms with E-state index in [-0.39, 0.29) is 11.5 Å². The van der Waals surface area contributed by atoms with Gasteiger partial charge in [0.05, 0.1) is 5.75 Å². The van der Waals surface area contributed by atoms with E-state index in [4.69, 9.17) is 6.42 Å². The second kappa shape index (κ2) is 7.04. The maximum Gasteiger partial charge on any atom is 0.161 e. The summed E-state index contributed by atoms with van der Waals surface area (Å²) in [7, 11) is 0. The summed E-state index contributed by atoms with van der Waals surface area (Å²) in [5.41, 5.74) is 0.696. The Kier molecular flexibility index (Phi) is 5.62. The molecule has 1 aromatic carbocycles. The highest BCUT2D eigenvalue weighted by atomic mass is 32.2. The zero-order valence-electron chi connectivity index (χ0n) is 8.94. The molecule has 0 spiro atoms. The summed E-state index contributed by atoms with van der Waals surface area (Å²) >= 11 is 1.69. The lowest BCUT2D eigenvalue weighted by molar-refractivity contribution is 0.398. The Hall–Kier alpha value is -1.31. The fourth-order valence-electron chi connectivity index (χ4n) is 1.22. The number of nitrogens with one attached hydrogen (secondary N) is 1. The number of phenols is 2. The number of rotatable bonds is 6. The lowest BCUT2D eigenvalue weighted by atomic mass is 10.2. The minimum Gasteiger partial charge on any atom is -0.504 e. The molecule has 4 heteroatoms. The molecule has 0 unspecified atom stereocenters. The predicted molar refractivity (Wildman–Crippen MR) is 67.6 cm³/mol. The lowest BCUT2D eigenvalue weighted by Gasteiger charge is -2.07. The van der Waals surface area contributed by atoms with E-state index in [1.165, 1.54) is 6.07 Å². The molecule has 1 rings (SSSR count). The average Bonchev–Trinajstić information content (AvgIpc) is 2.29. The van der Waals surface area contributed by atoms with Crippen LogP contribution in [0.25, 0.3) is 0 Å². The van der Waals surface area contributed by atoms with Crippen molar-refractivity contribution in [3.8, 4) is 23.8 Å². The van der Waals surface area contributed by atoms with E-state index >= 15 is 0 Å². The highest BCUT2D eigenvalue weighted by Gasteiger charge is 2.04. The van der Waals surface area contributed by atoms with Crippen molar-refractivity contribution in [1.82, 2.24) is 5.32 Å². The topological polar surface area (TPSA) is 52.5 Å². The number of benzene rings is 1. The van der Waals surface area contributed by atoms with Crippen molar-refractivity contribution in [2.24, 2.45) is 0 Å². The molecule has 0 bridgehead atoms. The van der Waals surface area contributed by atoms with Crippen LogP contribution in [-0.4, -0.2) is 28.3 Å². The Morgan fingerprint density at radius 2 is 2.19 bits per heavy atom. The van der Waals surface area contributed by atoms with Crippen LogP contribution >= 0.6 is 11.8 Å². The van der Waals surface area contributed by atoms with Crippen molar-refractivity contribution in [3.05, 3.63) is 23.8 Å². The molecule has 0 heterocycles. The van der Waals surface area contributed by atoms with Gasteiger partial charge in [0.25, 0.3) is 0 Å². The highest BCUT2D eigenvalue weighted by Crippen LogP contribution is 2.27. The molecule has 0 radical (unpaired) electrons. The molecule has 0 amide bonds. The largest absolute Gasteiger partial charge is 0.504 e. The molecule has 0 aliphatic carbocycles. The van der Waals surface area contributed by atoms with Gasteiger partial charge in [0.2, 0.25) is 0 Å². The summed E-state index contributed by atoms with van der Waals surface area (Å²) < 4.78 is 0. The molecular weight excluding hydrogens is 222 g/mol. The van der Waals surface area contributed by atoms with Gasteiger partial charge in [0.1, 0.15) is 0 Å². The van der Waals surface area contributed by atoms with Crippen LogP contribution in [0.4, 0.5) is 0 Å². The zero-order valence-corrected chi connectivity index (χ0v) is 9.76. The van der Waals surface area contributed by atoms with Crippen LogP contribution in [0.15, 0.2) is 18.2 Å². The van der Waals surface area contributed by atoms with E-state index in [9.17, 15) is 10.2 Å². The predicted octanol–water partition coefficient (Wildman–Crippen LogP) is 1.55. The summed E-state index contributed by atoms with van der Waals surface area (Å²) in [6, 6.07) is 4.94. The number of hydrogen-bond donors (Lipinski definition) is 3. The van der Waals surface area contributed by atoms with Crippen LogP contribution in [0, 0.1) is 12.3 Å². The second-order valence-electron chi connectivity index (χ2n) is 3.22. The summed E-state index contributed by atoms with van der Waals surface area (Å²) in [6.45, 7) is 1.36. The van der Waals surface area contributed by atoms with Gasteiger partial charge < -0.3 is 15.5 Å². The fourth-order valence-corrected chi connectivity index (χ4v) is 1.77. The first-order valence-corrected chi connectivity index (χ1v) is 6.13. The molecule has 16 heavy (non-hydrogen) atoms. The third-order valence-corrected chi connectivity index (χ3v) is 2.89. The molecule has 1 aromatic rings. The lowest BCUT2D eigenvalue weighted by Crippen LogP contribution is -2.16. The molecule has 0 fully saturated rings. The van der Waals surface area contributed by atoms with E-state index in [1.54, 1.807) is 23.9 Å². The van der Waals surface area contributed by atoms with Gasteiger partial charge in [0.15, 0.2) is 11.5 Å². The van der Waals surface area contributed by atoms with Gasteiger partial charge in [-0.1, -0.05) is 18.1 Å². The van der Waals surface area contributed by atoms with Gasteiger partial charge >= 0.3 is 0 Å². The van der Waals surface area contributed by atoms with E-state index in [0.29, 0.717) is 12.1 Å². The quantitative estimate of drug-likeness (QED) is 0.399. The van der Waals surface area contributed by atoms with Crippen molar-refractivity contribution >= 4 is 11.8 Å². The van der Waals surface area contributed by atoms with Crippen LogP contribution in [0.2, 0.25) is 0 Å². The van der Waals surface area contributed by atoms with Gasteiger partial charge in [-0.2, -0.15) is 0 Å². The normalized spacial score (nSPS) is 9.94. The molecule has 0 saturated heterocycles. The minimum absolute atomic E-state index is 0.0497. The summed E-state index contributed by atoms with van der Waals surface area (Å²) in [4.78, 5) is 0. The van der Waals surface area contributed by atoms with Gasteiger partial charge in [-0.05, 0) is 6.07 Å². The molecule has 0 saturated carbocycles. The van der Waals surface area contributed by atoms with Crippen LogP contribution in [0.3, 0.4) is 0 Å². The highest BCUT2D eigenvalue weighted by molar-refractivity contribution is 7.99. The van der Waals surface area contributed by atoms with Gasteiger partial charge in [0, 0.05) is 24.4 Å². The summed E-state index contributed by atoms with van der Waals surface area (Å²) in [5, 5.41) is 22.0. The Balaban J connectivity index is 2.27. The number of hydrogen-bond acceptors (Lipinski definition) is 4. The van der Waals surface area contributed by atoms with Gasteiger partial charge in [-0.25, -0.2) is 0 Å². The molecule has 3 N–H and O–H groups in total. The number of para-hydroxylation sites is 1. The molecule has 0 aliphatic rings. The van der Waals surface area contributed by atoms with Gasteiger partial charge in [-0.15, -0.1) is 18.2 Å². The van der Waals surface area contributed by atoms with Crippen molar-refractivity contribution < 1.29 is 10.2 Å². The molecule has 0 aromatic heterocycles. The molecule has 86 valence electrons. The van der Waals surface area contributed by atoms with E-state index in [2.05, 4.69) is 11.2 Å². The average molecular weight is 237 g/mol. The standard InChI is InChI=1S/C12H15NO2S/c1-2-7-16-8-6-13-9-10-4-3-5-11(14)12(10)15/h1,3-5,13-15H,6-9H2. The monoisotopic (exact) mass is 237 g/mol. The van der Waals surface area contributed by atoms with Crippen LogP contribution in [-0.2, 0) is 6.54 Å². The Morgan fingerprint density at radius 3 is 2.94 bits per heavy atom. The van der Waals surface area contributed by atoms with Crippen LogP contribution in [0.5, 0.6) is 11.5 Å². The first-order valence-electron chi connectivity index (χ1n) is 4.97. The first kappa shape index (κ1) is 12.8. The SMILES string of the molecule is C#CCSCCNCc1cccc(O)c1O. The summed E-state index contributed by atoms with van der Waals surface area (Å²) in [6.07, 6.45) is 5.12. The number of thioether (sulfide) groups is 1. The maximum atomic E-state index is 9.52. The number of phenolic OH excluding ortho intramolecular Hbond substituents is 2. The Morgan fingerprint density at radius 1 is 1.38 bits per heavy atom. The first-order chi connectivity index (χ1) is 7.75. The number of terminal acetylenes is 1. The van der Waals surface area contributed by atoms with Crippen molar-refractivity contribution in [2.45, 2.75) is 6.54 Å². The van der Waals surface area contributed by atoms with E-state index < -0.39 is 0 Å². The number of aromatic hydroxyl groups is 2. The molecule has 0 atom stereocenters. The second-order valence-corrected chi connectivity index (χ2v) is 4.32. The van der Waals surface area contributed by atoms with E-state index in [1.807, 2.05) is 0 Å². The van der Waals surface area contributed by atoms with Crippen molar-refractivity contribution in [3.63, 3.8) is 0 Å². The van der Waals surface area contributed by atoms with Crippen molar-refractivity contribution in [2.75, 3.05) is 18.1 Å². The smallest absolute Gasteiger partial charge is 0.161 e. The third-order valence-electron chi connectivity index (χ3n) is 2.02. The van der Waals surface area contributed by atoms with E-state index in [0.717, 1.165) is 18.1 Å².